The number of carbonyl (C=O) groups is 2. The molecule has 0 aromatic heterocycles. The summed E-state index contributed by atoms with van der Waals surface area (Å²) in [4.78, 5) is 22.2. The highest BCUT2D eigenvalue weighted by atomic mass is 16.7. The Morgan fingerprint density at radius 1 is 1.47 bits per heavy atom. The lowest BCUT2D eigenvalue weighted by Gasteiger charge is -2.08. The van der Waals surface area contributed by atoms with Crippen LogP contribution < -0.4 is 19.5 Å². The van der Waals surface area contributed by atoms with Gasteiger partial charge in [-0.3, -0.25) is 9.59 Å². The van der Waals surface area contributed by atoms with E-state index in [1.54, 1.807) is 6.07 Å². The summed E-state index contributed by atoms with van der Waals surface area (Å²) in [7, 11) is 0. The summed E-state index contributed by atoms with van der Waals surface area (Å²) in [5, 5.41) is 10.6. The molecule has 0 bridgehead atoms. The van der Waals surface area contributed by atoms with Crippen LogP contribution in [-0.4, -0.2) is 32.1 Å². The number of hydrogen-bond acceptors (Lipinski definition) is 6. The summed E-state index contributed by atoms with van der Waals surface area (Å²) < 4.78 is 15.5. The first-order valence-electron chi connectivity index (χ1n) is 5.40. The standard InChI is InChI=1S/C12H10N2O5/c13-1-2-14-12(16)6-17-9-4-11-10(18-7-19-11)3-8(9)5-15/h3-5H,2,6-7H2,(H,14,16). The minimum atomic E-state index is -0.448. The number of aldehydes is 1. The van der Waals surface area contributed by atoms with Crippen LogP contribution in [0.25, 0.3) is 0 Å². The molecule has 1 N–H and O–H groups in total. The molecule has 7 nitrogen and oxygen atoms in total. The van der Waals surface area contributed by atoms with Crippen molar-refractivity contribution in [2.45, 2.75) is 0 Å². The van der Waals surface area contributed by atoms with E-state index in [-0.39, 0.29) is 31.3 Å². The molecule has 0 atom stereocenters. The van der Waals surface area contributed by atoms with Crippen LogP contribution in [0.15, 0.2) is 12.1 Å². The smallest absolute Gasteiger partial charge is 0.258 e. The molecule has 1 aliphatic heterocycles. The molecule has 0 unspecified atom stereocenters. The van der Waals surface area contributed by atoms with E-state index in [1.165, 1.54) is 12.1 Å². The summed E-state index contributed by atoms with van der Waals surface area (Å²) in [6, 6.07) is 4.75. The Hall–Kier alpha value is -2.75. The number of carbonyl (C=O) groups excluding carboxylic acids is 2. The van der Waals surface area contributed by atoms with E-state index in [4.69, 9.17) is 19.5 Å². The second-order valence-corrected chi connectivity index (χ2v) is 3.58. The maximum Gasteiger partial charge on any atom is 0.258 e. The zero-order chi connectivity index (χ0) is 13.7. The van der Waals surface area contributed by atoms with Gasteiger partial charge < -0.3 is 19.5 Å². The predicted molar refractivity (Wildman–Crippen MR) is 62.1 cm³/mol. The number of nitriles is 1. The van der Waals surface area contributed by atoms with Crippen molar-refractivity contribution in [3.8, 4) is 23.3 Å². The van der Waals surface area contributed by atoms with Crippen LogP contribution in [0.1, 0.15) is 10.4 Å². The molecule has 7 heteroatoms. The van der Waals surface area contributed by atoms with E-state index in [0.29, 0.717) is 17.8 Å². The van der Waals surface area contributed by atoms with Crippen molar-refractivity contribution in [3.63, 3.8) is 0 Å². The quantitative estimate of drug-likeness (QED) is 0.603. The molecule has 0 saturated heterocycles. The lowest BCUT2D eigenvalue weighted by molar-refractivity contribution is -0.122. The first-order valence-corrected chi connectivity index (χ1v) is 5.40. The largest absolute Gasteiger partial charge is 0.483 e. The summed E-state index contributed by atoms with van der Waals surface area (Å²) in [5.41, 5.74) is 0.261. The normalized spacial score (nSPS) is 11.5. The predicted octanol–water partition coefficient (Wildman–Crippen LogP) is 0.246. The zero-order valence-corrected chi connectivity index (χ0v) is 9.84. The number of amides is 1. The van der Waals surface area contributed by atoms with Crippen molar-refractivity contribution in [1.82, 2.24) is 5.32 Å². The van der Waals surface area contributed by atoms with Crippen LogP contribution in [0.2, 0.25) is 0 Å². The fourth-order valence-electron chi connectivity index (χ4n) is 1.49. The van der Waals surface area contributed by atoms with E-state index in [0.717, 1.165) is 0 Å². The molecule has 1 aromatic rings. The minimum absolute atomic E-state index is 0.0831. The number of fused-ring (bicyclic) bond motifs is 1. The van der Waals surface area contributed by atoms with Crippen molar-refractivity contribution in [1.29, 1.82) is 5.26 Å². The summed E-state index contributed by atoms with van der Waals surface area (Å²) in [6.45, 7) is -0.300. The highest BCUT2D eigenvalue weighted by molar-refractivity contribution is 5.82. The summed E-state index contributed by atoms with van der Waals surface area (Å²) >= 11 is 0. The number of hydrogen-bond donors (Lipinski definition) is 1. The van der Waals surface area contributed by atoms with Crippen molar-refractivity contribution in [2.75, 3.05) is 19.9 Å². The third-order valence-corrected chi connectivity index (χ3v) is 2.36. The molecule has 0 fully saturated rings. The highest BCUT2D eigenvalue weighted by Gasteiger charge is 2.18. The second kappa shape index (κ2) is 5.73. The van der Waals surface area contributed by atoms with Gasteiger partial charge >= 0.3 is 0 Å². The Balaban J connectivity index is 2.06. The van der Waals surface area contributed by atoms with Crippen LogP contribution in [0, 0.1) is 11.3 Å². The molecule has 1 aromatic carbocycles. The fourth-order valence-corrected chi connectivity index (χ4v) is 1.49. The topological polar surface area (TPSA) is 97.7 Å². The first-order chi connectivity index (χ1) is 9.24. The second-order valence-electron chi connectivity index (χ2n) is 3.58. The molecule has 0 radical (unpaired) electrons. The van der Waals surface area contributed by atoms with Crippen molar-refractivity contribution < 1.29 is 23.8 Å². The summed E-state index contributed by atoms with van der Waals surface area (Å²) in [5.74, 6) is 0.698. The van der Waals surface area contributed by atoms with E-state index in [9.17, 15) is 9.59 Å². The van der Waals surface area contributed by atoms with Gasteiger partial charge in [0.25, 0.3) is 5.91 Å². The van der Waals surface area contributed by atoms with Gasteiger partial charge in [0.05, 0.1) is 11.6 Å². The maximum atomic E-state index is 11.3. The van der Waals surface area contributed by atoms with Crippen LogP contribution >= 0.6 is 0 Å². The van der Waals surface area contributed by atoms with Crippen LogP contribution in [0.3, 0.4) is 0 Å². The average Bonchev–Trinajstić information content (AvgIpc) is 2.88. The number of rotatable bonds is 5. The van der Waals surface area contributed by atoms with E-state index in [1.807, 2.05) is 0 Å². The lowest BCUT2D eigenvalue weighted by Crippen LogP contribution is -2.29. The van der Waals surface area contributed by atoms with Gasteiger partial charge in [0.1, 0.15) is 12.3 Å². The molecule has 0 saturated carbocycles. The summed E-state index contributed by atoms with van der Waals surface area (Å²) in [6.07, 6.45) is 0.602. The zero-order valence-electron chi connectivity index (χ0n) is 9.84. The van der Waals surface area contributed by atoms with Crippen molar-refractivity contribution >= 4 is 12.2 Å². The Labute approximate surface area is 108 Å². The number of nitrogens with one attached hydrogen (secondary N) is 1. The molecule has 0 aliphatic carbocycles. The van der Waals surface area contributed by atoms with E-state index >= 15 is 0 Å². The average molecular weight is 262 g/mol. The van der Waals surface area contributed by atoms with Gasteiger partial charge in [0.15, 0.2) is 24.4 Å². The number of nitrogens with zero attached hydrogens (tertiary/aromatic N) is 1. The third kappa shape index (κ3) is 2.93. The van der Waals surface area contributed by atoms with Crippen LogP contribution in [-0.2, 0) is 4.79 Å². The Morgan fingerprint density at radius 2 is 2.21 bits per heavy atom. The van der Waals surface area contributed by atoms with Gasteiger partial charge in [0.2, 0.25) is 6.79 Å². The molecule has 2 rings (SSSR count). The monoisotopic (exact) mass is 262 g/mol. The Kier molecular flexibility index (Phi) is 3.83. The lowest BCUT2D eigenvalue weighted by atomic mass is 10.2. The van der Waals surface area contributed by atoms with Crippen LogP contribution in [0.5, 0.6) is 17.2 Å². The molecular formula is C12H10N2O5. The number of benzene rings is 1. The highest BCUT2D eigenvalue weighted by Crippen LogP contribution is 2.37. The van der Waals surface area contributed by atoms with E-state index < -0.39 is 5.91 Å². The van der Waals surface area contributed by atoms with Gasteiger partial charge in [-0.2, -0.15) is 5.26 Å². The molecule has 1 amide bonds. The number of ether oxygens (including phenoxy) is 3. The maximum absolute atomic E-state index is 11.3. The minimum Gasteiger partial charge on any atom is -0.483 e. The van der Waals surface area contributed by atoms with Gasteiger partial charge in [-0.15, -0.1) is 0 Å². The third-order valence-electron chi connectivity index (χ3n) is 2.36. The fraction of sp³-hybridized carbons (Fsp3) is 0.250. The van der Waals surface area contributed by atoms with Gasteiger partial charge in [-0.25, -0.2) is 0 Å². The van der Waals surface area contributed by atoms with Crippen LogP contribution in [0.4, 0.5) is 0 Å². The molecule has 19 heavy (non-hydrogen) atoms. The SMILES string of the molecule is N#CCNC(=O)COc1cc2c(cc1C=O)OCO2. The molecule has 1 aliphatic rings. The Morgan fingerprint density at radius 3 is 2.89 bits per heavy atom. The molecule has 98 valence electrons. The molecular weight excluding hydrogens is 252 g/mol. The van der Waals surface area contributed by atoms with Crippen molar-refractivity contribution in [3.05, 3.63) is 17.7 Å². The molecule has 1 heterocycles. The van der Waals surface area contributed by atoms with Gasteiger partial charge in [0, 0.05) is 6.07 Å². The van der Waals surface area contributed by atoms with Gasteiger partial charge in [-0.1, -0.05) is 0 Å². The molecule has 0 spiro atoms. The first kappa shape index (κ1) is 12.7. The van der Waals surface area contributed by atoms with Gasteiger partial charge in [-0.05, 0) is 6.07 Å². The van der Waals surface area contributed by atoms with Crippen molar-refractivity contribution in [2.24, 2.45) is 0 Å². The van der Waals surface area contributed by atoms with E-state index in [2.05, 4.69) is 5.32 Å². The Bertz CT molecular complexity index is 550.